The number of hydrogen-bond acceptors (Lipinski definition) is 4. The van der Waals surface area contributed by atoms with E-state index in [0.717, 1.165) is 41.9 Å². The molecule has 3 rings (SSSR count). The third-order valence-electron chi connectivity index (χ3n) is 3.57. The van der Waals surface area contributed by atoms with Crippen LogP contribution < -0.4 is 5.32 Å². The van der Waals surface area contributed by atoms with E-state index in [1.54, 1.807) is 11.3 Å². The van der Waals surface area contributed by atoms with Crippen LogP contribution in [-0.2, 0) is 0 Å². The van der Waals surface area contributed by atoms with E-state index >= 15 is 0 Å². The fourth-order valence-electron chi connectivity index (χ4n) is 2.64. The second kappa shape index (κ2) is 6.22. The smallest absolute Gasteiger partial charge is 0.0931 e. The summed E-state index contributed by atoms with van der Waals surface area (Å²) in [6, 6.07) is 10.6. The maximum absolute atomic E-state index is 6.13. The highest BCUT2D eigenvalue weighted by Gasteiger charge is 2.26. The zero-order valence-electron chi connectivity index (χ0n) is 11.5. The number of thiophene rings is 1. The van der Waals surface area contributed by atoms with Gasteiger partial charge in [0.2, 0.25) is 0 Å². The molecular formula is C15H18ClN3S. The SMILES string of the molecule is Cc1cccc(C(c2ccc(Cl)s2)N2CCNCC2)n1. The molecule has 1 fully saturated rings. The number of pyridine rings is 1. The van der Waals surface area contributed by atoms with Gasteiger partial charge >= 0.3 is 0 Å². The van der Waals surface area contributed by atoms with Crippen molar-refractivity contribution >= 4 is 22.9 Å². The molecule has 0 saturated carbocycles. The van der Waals surface area contributed by atoms with E-state index in [0.29, 0.717) is 0 Å². The number of rotatable bonds is 3. The van der Waals surface area contributed by atoms with Crippen molar-refractivity contribution in [2.45, 2.75) is 13.0 Å². The van der Waals surface area contributed by atoms with Crippen LogP contribution in [0, 0.1) is 6.92 Å². The largest absolute Gasteiger partial charge is 0.314 e. The van der Waals surface area contributed by atoms with Crippen LogP contribution in [-0.4, -0.2) is 36.1 Å². The normalized spacial score (nSPS) is 18.1. The van der Waals surface area contributed by atoms with Crippen molar-refractivity contribution in [3.63, 3.8) is 0 Å². The summed E-state index contributed by atoms with van der Waals surface area (Å²) in [5.41, 5.74) is 2.18. The number of aryl methyl sites for hydroxylation is 1. The summed E-state index contributed by atoms with van der Waals surface area (Å²) < 4.78 is 0.841. The van der Waals surface area contributed by atoms with Gasteiger partial charge in [-0.05, 0) is 31.2 Å². The molecule has 5 heteroatoms. The zero-order valence-corrected chi connectivity index (χ0v) is 13.0. The van der Waals surface area contributed by atoms with Crippen LogP contribution in [0.15, 0.2) is 30.3 Å². The minimum atomic E-state index is 0.217. The Hall–Kier alpha value is -0.940. The highest BCUT2D eigenvalue weighted by Crippen LogP contribution is 2.34. The molecule has 1 saturated heterocycles. The fraction of sp³-hybridized carbons (Fsp3) is 0.400. The third kappa shape index (κ3) is 3.04. The molecule has 1 unspecified atom stereocenters. The molecule has 2 aromatic heterocycles. The summed E-state index contributed by atoms with van der Waals surface area (Å²) in [5, 5.41) is 3.40. The Kier molecular flexibility index (Phi) is 4.36. The Bertz CT molecular complexity index is 578. The summed E-state index contributed by atoms with van der Waals surface area (Å²) >= 11 is 7.78. The Labute approximate surface area is 128 Å². The Morgan fingerprint density at radius 1 is 1.25 bits per heavy atom. The summed E-state index contributed by atoms with van der Waals surface area (Å²) in [4.78, 5) is 8.50. The minimum absolute atomic E-state index is 0.217. The van der Waals surface area contributed by atoms with Crippen LogP contribution >= 0.6 is 22.9 Å². The van der Waals surface area contributed by atoms with E-state index in [1.807, 2.05) is 19.1 Å². The van der Waals surface area contributed by atoms with Crippen LogP contribution in [0.3, 0.4) is 0 Å². The van der Waals surface area contributed by atoms with Crippen molar-refractivity contribution in [1.82, 2.24) is 15.2 Å². The molecule has 20 heavy (non-hydrogen) atoms. The van der Waals surface area contributed by atoms with Gasteiger partial charge in [0.1, 0.15) is 0 Å². The highest BCUT2D eigenvalue weighted by atomic mass is 35.5. The number of hydrogen-bond donors (Lipinski definition) is 1. The van der Waals surface area contributed by atoms with E-state index < -0.39 is 0 Å². The van der Waals surface area contributed by atoms with Crippen molar-refractivity contribution in [2.24, 2.45) is 0 Å². The van der Waals surface area contributed by atoms with Gasteiger partial charge in [0, 0.05) is 36.8 Å². The molecule has 0 aromatic carbocycles. The predicted molar refractivity (Wildman–Crippen MR) is 84.6 cm³/mol. The van der Waals surface area contributed by atoms with Gasteiger partial charge < -0.3 is 5.32 Å². The lowest BCUT2D eigenvalue weighted by atomic mass is 10.1. The average Bonchev–Trinajstić information content (AvgIpc) is 2.87. The molecule has 0 aliphatic carbocycles. The number of piperazine rings is 1. The van der Waals surface area contributed by atoms with Gasteiger partial charge in [-0.25, -0.2) is 0 Å². The molecule has 0 bridgehead atoms. The minimum Gasteiger partial charge on any atom is -0.314 e. The first-order valence-corrected chi connectivity index (χ1v) is 8.07. The second-order valence-electron chi connectivity index (χ2n) is 5.03. The molecule has 1 aliphatic rings. The number of nitrogens with one attached hydrogen (secondary N) is 1. The van der Waals surface area contributed by atoms with Crippen LogP contribution in [0.4, 0.5) is 0 Å². The molecule has 0 spiro atoms. The number of halogens is 1. The van der Waals surface area contributed by atoms with Gasteiger partial charge in [-0.1, -0.05) is 17.7 Å². The molecule has 1 atom stereocenters. The molecule has 1 N–H and O–H groups in total. The fourth-order valence-corrected chi connectivity index (χ4v) is 3.85. The lowest BCUT2D eigenvalue weighted by molar-refractivity contribution is 0.197. The summed E-state index contributed by atoms with van der Waals surface area (Å²) in [5.74, 6) is 0. The van der Waals surface area contributed by atoms with Gasteiger partial charge in [0.15, 0.2) is 0 Å². The standard InChI is InChI=1S/C15H18ClN3S/c1-11-3-2-4-12(18-11)15(13-5-6-14(16)20-13)19-9-7-17-8-10-19/h2-6,15,17H,7-10H2,1H3. The van der Waals surface area contributed by atoms with Gasteiger partial charge in [0.25, 0.3) is 0 Å². The van der Waals surface area contributed by atoms with Crippen molar-refractivity contribution in [3.8, 4) is 0 Å². The molecule has 1 aliphatic heterocycles. The van der Waals surface area contributed by atoms with Crippen LogP contribution in [0.25, 0.3) is 0 Å². The maximum atomic E-state index is 6.13. The van der Waals surface area contributed by atoms with Crippen molar-refractivity contribution in [1.29, 1.82) is 0 Å². The Balaban J connectivity index is 1.98. The molecule has 3 nitrogen and oxygen atoms in total. The first-order valence-electron chi connectivity index (χ1n) is 6.87. The summed E-state index contributed by atoms with van der Waals surface area (Å²) in [6.07, 6.45) is 0. The van der Waals surface area contributed by atoms with Crippen LogP contribution in [0.2, 0.25) is 4.34 Å². The van der Waals surface area contributed by atoms with Gasteiger partial charge in [-0.3, -0.25) is 9.88 Å². The quantitative estimate of drug-likeness (QED) is 0.944. The first kappa shape index (κ1) is 14.0. The van der Waals surface area contributed by atoms with Crippen LogP contribution in [0.5, 0.6) is 0 Å². The van der Waals surface area contributed by atoms with Crippen molar-refractivity contribution in [2.75, 3.05) is 26.2 Å². The van der Waals surface area contributed by atoms with Crippen molar-refractivity contribution < 1.29 is 0 Å². The molecule has 0 amide bonds. The second-order valence-corrected chi connectivity index (χ2v) is 6.78. The van der Waals surface area contributed by atoms with Gasteiger partial charge in [-0.15, -0.1) is 11.3 Å². The van der Waals surface area contributed by atoms with Gasteiger partial charge in [-0.2, -0.15) is 0 Å². The number of aromatic nitrogens is 1. The molecule has 106 valence electrons. The molecular weight excluding hydrogens is 290 g/mol. The van der Waals surface area contributed by atoms with E-state index in [1.165, 1.54) is 4.88 Å². The lowest BCUT2D eigenvalue weighted by Gasteiger charge is -2.34. The third-order valence-corrected chi connectivity index (χ3v) is 4.85. The zero-order chi connectivity index (χ0) is 13.9. The Morgan fingerprint density at radius 3 is 2.70 bits per heavy atom. The number of nitrogens with zero attached hydrogens (tertiary/aromatic N) is 2. The topological polar surface area (TPSA) is 28.2 Å². The summed E-state index contributed by atoms with van der Waals surface area (Å²) in [7, 11) is 0. The maximum Gasteiger partial charge on any atom is 0.0931 e. The predicted octanol–water partition coefficient (Wildman–Crippen LogP) is 3.10. The van der Waals surface area contributed by atoms with Crippen molar-refractivity contribution in [3.05, 3.63) is 50.9 Å². The summed E-state index contributed by atoms with van der Waals surface area (Å²) in [6.45, 7) is 6.17. The van der Waals surface area contributed by atoms with Crippen LogP contribution in [0.1, 0.15) is 22.3 Å². The average molecular weight is 308 g/mol. The van der Waals surface area contributed by atoms with E-state index in [2.05, 4.69) is 28.4 Å². The molecule has 0 radical (unpaired) electrons. The molecule has 3 heterocycles. The van der Waals surface area contributed by atoms with E-state index in [9.17, 15) is 0 Å². The Morgan fingerprint density at radius 2 is 2.05 bits per heavy atom. The monoisotopic (exact) mass is 307 g/mol. The highest BCUT2D eigenvalue weighted by molar-refractivity contribution is 7.16. The van der Waals surface area contributed by atoms with E-state index in [-0.39, 0.29) is 6.04 Å². The van der Waals surface area contributed by atoms with Gasteiger partial charge in [0.05, 0.1) is 16.1 Å². The lowest BCUT2D eigenvalue weighted by Crippen LogP contribution is -2.45. The molecule has 2 aromatic rings. The first-order chi connectivity index (χ1) is 9.74. The van der Waals surface area contributed by atoms with E-state index in [4.69, 9.17) is 16.6 Å².